The number of rotatable bonds is 9. The first-order chi connectivity index (χ1) is 15.9. The second-order valence-corrected chi connectivity index (χ2v) is 7.90. The minimum absolute atomic E-state index is 0.0627. The molecule has 1 saturated heterocycles. The van der Waals surface area contributed by atoms with Crippen molar-refractivity contribution >= 4 is 29.4 Å². The van der Waals surface area contributed by atoms with Crippen LogP contribution in [-0.2, 0) is 23.9 Å². The highest BCUT2D eigenvalue weighted by Crippen LogP contribution is 2.29. The lowest BCUT2D eigenvalue weighted by Crippen LogP contribution is -2.30. The highest BCUT2D eigenvalue weighted by Gasteiger charge is 2.38. The molecule has 2 aromatic rings. The van der Waals surface area contributed by atoms with E-state index in [4.69, 9.17) is 9.47 Å². The molecule has 0 saturated carbocycles. The molecule has 33 heavy (non-hydrogen) atoms. The zero-order valence-corrected chi connectivity index (χ0v) is 18.8. The van der Waals surface area contributed by atoms with Crippen LogP contribution >= 0.6 is 0 Å². The molecule has 0 aromatic heterocycles. The third-order valence-corrected chi connectivity index (χ3v) is 5.43. The monoisotopic (exact) mass is 452 g/mol. The summed E-state index contributed by atoms with van der Waals surface area (Å²) < 4.78 is 10.2. The fourth-order valence-corrected chi connectivity index (χ4v) is 3.59. The van der Waals surface area contributed by atoms with Crippen molar-refractivity contribution < 1.29 is 28.7 Å². The van der Waals surface area contributed by atoms with Crippen molar-refractivity contribution in [2.75, 3.05) is 25.1 Å². The summed E-state index contributed by atoms with van der Waals surface area (Å²) in [7, 11) is 0. The van der Waals surface area contributed by atoms with Gasteiger partial charge in [0.1, 0.15) is 0 Å². The van der Waals surface area contributed by atoms with Crippen molar-refractivity contribution in [2.24, 2.45) is 5.92 Å². The van der Waals surface area contributed by atoms with E-state index in [1.807, 2.05) is 44.2 Å². The lowest BCUT2D eigenvalue weighted by molar-refractivity contribution is -0.151. The molecule has 0 spiro atoms. The minimum atomic E-state index is -0.607. The van der Waals surface area contributed by atoms with Crippen molar-refractivity contribution in [1.29, 1.82) is 0 Å². The number of nitrogens with zero attached hydrogens (tertiary/aromatic N) is 1. The van der Waals surface area contributed by atoms with Gasteiger partial charge in [-0.15, -0.1) is 0 Å². The van der Waals surface area contributed by atoms with Crippen LogP contribution in [0.2, 0.25) is 0 Å². The summed E-state index contributed by atoms with van der Waals surface area (Å²) in [5, 5.41) is 2.61. The van der Waals surface area contributed by atoms with Gasteiger partial charge in [0.2, 0.25) is 5.91 Å². The van der Waals surface area contributed by atoms with Crippen molar-refractivity contribution in [2.45, 2.75) is 32.7 Å². The molecule has 1 heterocycles. The van der Waals surface area contributed by atoms with Crippen LogP contribution in [-0.4, -0.2) is 48.4 Å². The van der Waals surface area contributed by atoms with Gasteiger partial charge in [-0.3, -0.25) is 14.4 Å². The molecule has 0 radical (unpaired) electrons. The number of nitrogens with one attached hydrogen (secondary N) is 1. The van der Waals surface area contributed by atoms with Crippen LogP contribution in [0, 0.1) is 5.92 Å². The third kappa shape index (κ3) is 6.41. The average Bonchev–Trinajstić information content (AvgIpc) is 3.23. The van der Waals surface area contributed by atoms with Gasteiger partial charge in [0.25, 0.3) is 5.91 Å². The second-order valence-electron chi connectivity index (χ2n) is 7.90. The quantitative estimate of drug-likeness (QED) is 0.586. The van der Waals surface area contributed by atoms with Gasteiger partial charge in [-0.1, -0.05) is 37.3 Å². The summed E-state index contributed by atoms with van der Waals surface area (Å²) in [5.41, 5.74) is 1.83. The van der Waals surface area contributed by atoms with Gasteiger partial charge in [0.05, 0.1) is 24.1 Å². The molecule has 0 aliphatic carbocycles. The van der Waals surface area contributed by atoms with E-state index in [-0.39, 0.29) is 24.9 Å². The number of carbonyl (C=O) groups excluding carboxylic acids is 4. The van der Waals surface area contributed by atoms with E-state index in [9.17, 15) is 19.2 Å². The molecule has 0 bridgehead atoms. The van der Waals surface area contributed by atoms with Crippen LogP contribution in [0.4, 0.5) is 5.69 Å². The molecule has 1 fully saturated rings. The van der Waals surface area contributed by atoms with Crippen LogP contribution in [0.15, 0.2) is 54.6 Å². The molecule has 1 N–H and O–H groups in total. The second kappa shape index (κ2) is 11.3. The number of ether oxygens (including phenoxy) is 2. The normalized spacial score (nSPS) is 16.2. The zero-order valence-electron chi connectivity index (χ0n) is 18.8. The minimum Gasteiger partial charge on any atom is -0.462 e. The van der Waals surface area contributed by atoms with Crippen molar-refractivity contribution in [3.63, 3.8) is 0 Å². The van der Waals surface area contributed by atoms with Crippen molar-refractivity contribution in [3.8, 4) is 0 Å². The van der Waals surface area contributed by atoms with E-state index < -0.39 is 30.4 Å². The Kier molecular flexibility index (Phi) is 8.18. The van der Waals surface area contributed by atoms with Gasteiger partial charge in [-0.25, -0.2) is 4.79 Å². The molecular weight excluding hydrogens is 424 g/mol. The molecule has 0 unspecified atom stereocenters. The SMILES string of the molecule is CCCOC(=O)c1ccc(NC(=O)COC(=O)[C@@H]2CC(=O)N([C@H](C)c3ccccc3)C2)cc1. The number of hydrogen-bond donors (Lipinski definition) is 1. The predicted octanol–water partition coefficient (Wildman–Crippen LogP) is 3.34. The van der Waals surface area contributed by atoms with E-state index >= 15 is 0 Å². The van der Waals surface area contributed by atoms with Gasteiger partial charge in [0, 0.05) is 18.7 Å². The molecule has 2 aromatic carbocycles. The summed E-state index contributed by atoms with van der Waals surface area (Å²) in [6.45, 7) is 3.97. The van der Waals surface area contributed by atoms with Crippen LogP contribution < -0.4 is 5.32 Å². The topological polar surface area (TPSA) is 102 Å². The van der Waals surface area contributed by atoms with Gasteiger partial charge < -0.3 is 19.7 Å². The Morgan fingerprint density at radius 2 is 1.76 bits per heavy atom. The maximum atomic E-state index is 12.4. The molecule has 1 aliphatic rings. The maximum Gasteiger partial charge on any atom is 0.338 e. The summed E-state index contributed by atoms with van der Waals surface area (Å²) in [6, 6.07) is 15.7. The molecule has 8 nitrogen and oxygen atoms in total. The van der Waals surface area contributed by atoms with E-state index in [2.05, 4.69) is 5.32 Å². The molecule has 174 valence electrons. The van der Waals surface area contributed by atoms with Gasteiger partial charge in [-0.2, -0.15) is 0 Å². The predicted molar refractivity (Wildman–Crippen MR) is 121 cm³/mol. The summed E-state index contributed by atoms with van der Waals surface area (Å²) in [4.78, 5) is 50.5. The van der Waals surface area contributed by atoms with Crippen LogP contribution in [0.1, 0.15) is 48.7 Å². The summed E-state index contributed by atoms with van der Waals surface area (Å²) in [5.74, 6) is -2.23. The van der Waals surface area contributed by atoms with E-state index in [1.165, 1.54) is 0 Å². The maximum absolute atomic E-state index is 12.4. The van der Waals surface area contributed by atoms with E-state index in [0.29, 0.717) is 17.9 Å². The molecule has 1 aliphatic heterocycles. The van der Waals surface area contributed by atoms with Crippen LogP contribution in [0.25, 0.3) is 0 Å². The first-order valence-corrected chi connectivity index (χ1v) is 11.0. The Balaban J connectivity index is 1.46. The van der Waals surface area contributed by atoms with Crippen LogP contribution in [0.3, 0.4) is 0 Å². The lowest BCUT2D eigenvalue weighted by Gasteiger charge is -2.25. The Morgan fingerprint density at radius 1 is 1.06 bits per heavy atom. The largest absolute Gasteiger partial charge is 0.462 e. The van der Waals surface area contributed by atoms with Crippen LogP contribution in [0.5, 0.6) is 0 Å². The Labute approximate surface area is 192 Å². The number of hydrogen-bond acceptors (Lipinski definition) is 6. The Bertz CT molecular complexity index is 990. The molecule has 8 heteroatoms. The van der Waals surface area contributed by atoms with E-state index in [0.717, 1.165) is 12.0 Å². The van der Waals surface area contributed by atoms with E-state index in [1.54, 1.807) is 29.2 Å². The first-order valence-electron chi connectivity index (χ1n) is 11.0. The van der Waals surface area contributed by atoms with Crippen molar-refractivity contribution in [1.82, 2.24) is 4.90 Å². The fraction of sp³-hybridized carbons (Fsp3) is 0.360. The number of carbonyl (C=O) groups is 4. The van der Waals surface area contributed by atoms with Crippen molar-refractivity contribution in [3.05, 3.63) is 65.7 Å². The average molecular weight is 453 g/mol. The Morgan fingerprint density at radius 3 is 2.42 bits per heavy atom. The third-order valence-electron chi connectivity index (χ3n) is 5.43. The first kappa shape index (κ1) is 24.0. The molecule has 3 rings (SSSR count). The number of anilines is 1. The number of benzene rings is 2. The number of amides is 2. The molecular formula is C25H28N2O6. The van der Waals surface area contributed by atoms with Gasteiger partial charge in [-0.05, 0) is 43.2 Å². The molecule has 2 amide bonds. The fourth-order valence-electron chi connectivity index (χ4n) is 3.59. The standard InChI is InChI=1S/C25H28N2O6/c1-3-13-32-24(30)19-9-11-21(12-10-19)26-22(28)16-33-25(31)20-14-23(29)27(15-20)17(2)18-7-5-4-6-8-18/h4-12,17,20H,3,13-16H2,1-2H3,(H,26,28)/t17-,20-/m1/s1. The van der Waals surface area contributed by atoms with Gasteiger partial charge in [0.15, 0.2) is 6.61 Å². The smallest absolute Gasteiger partial charge is 0.338 e. The lowest BCUT2D eigenvalue weighted by atomic mass is 10.1. The molecule has 2 atom stereocenters. The van der Waals surface area contributed by atoms with Gasteiger partial charge >= 0.3 is 11.9 Å². The highest BCUT2D eigenvalue weighted by molar-refractivity contribution is 5.95. The number of esters is 2. The summed E-state index contributed by atoms with van der Waals surface area (Å²) >= 11 is 0. The Hall–Kier alpha value is -3.68. The highest BCUT2D eigenvalue weighted by atomic mass is 16.5. The number of likely N-dealkylation sites (tertiary alicyclic amines) is 1. The summed E-state index contributed by atoms with van der Waals surface area (Å²) in [6.07, 6.45) is 0.797. The zero-order chi connectivity index (χ0) is 23.8.